The molecule has 0 spiro atoms. The molecule has 23 heavy (non-hydrogen) atoms. The molecular weight excluding hydrogens is 288 g/mol. The first kappa shape index (κ1) is 18.7. The molecule has 0 radical (unpaired) electrons. The SMILES string of the molecule is C=C(N/C(=C\C)CCNC(=O)CCCC(C)=O)c1ccccc1. The summed E-state index contributed by atoms with van der Waals surface area (Å²) in [6.45, 7) is 8.10. The predicted molar refractivity (Wildman–Crippen MR) is 94.5 cm³/mol. The highest BCUT2D eigenvalue weighted by atomic mass is 16.1. The van der Waals surface area contributed by atoms with Crippen LogP contribution in [0.3, 0.4) is 0 Å². The van der Waals surface area contributed by atoms with E-state index in [9.17, 15) is 9.59 Å². The van der Waals surface area contributed by atoms with Crippen LogP contribution in [0.4, 0.5) is 0 Å². The molecule has 0 aliphatic heterocycles. The zero-order chi connectivity index (χ0) is 17.1. The Bertz CT molecular complexity index is 562. The van der Waals surface area contributed by atoms with Gasteiger partial charge in [-0.15, -0.1) is 0 Å². The molecule has 4 heteroatoms. The Morgan fingerprint density at radius 2 is 1.83 bits per heavy atom. The molecule has 0 saturated carbocycles. The number of benzene rings is 1. The molecule has 0 heterocycles. The van der Waals surface area contributed by atoms with Crippen molar-refractivity contribution in [1.29, 1.82) is 0 Å². The lowest BCUT2D eigenvalue weighted by Crippen LogP contribution is -2.26. The van der Waals surface area contributed by atoms with Gasteiger partial charge in [-0.05, 0) is 25.8 Å². The van der Waals surface area contributed by atoms with Crippen LogP contribution in [0.25, 0.3) is 5.70 Å². The fraction of sp³-hybridized carbons (Fsp3) is 0.368. The number of hydrogen-bond acceptors (Lipinski definition) is 3. The molecule has 1 amide bonds. The number of hydrogen-bond donors (Lipinski definition) is 2. The standard InChI is InChI=1S/C19H26N2O2/c1-4-18(21-16(3)17-10-6-5-7-11-17)13-14-20-19(23)12-8-9-15(2)22/h4-7,10-11,21H,3,8-9,12-14H2,1-2H3,(H,20,23)/b18-4-. The minimum absolute atomic E-state index is 0.0106. The van der Waals surface area contributed by atoms with Crippen LogP contribution in [0, 0.1) is 0 Å². The lowest BCUT2D eigenvalue weighted by molar-refractivity contribution is -0.121. The van der Waals surface area contributed by atoms with E-state index in [1.165, 1.54) is 0 Å². The number of carbonyl (C=O) groups is 2. The summed E-state index contributed by atoms with van der Waals surface area (Å²) < 4.78 is 0. The monoisotopic (exact) mass is 314 g/mol. The van der Waals surface area contributed by atoms with Gasteiger partial charge < -0.3 is 15.4 Å². The van der Waals surface area contributed by atoms with Gasteiger partial charge in [0.15, 0.2) is 0 Å². The van der Waals surface area contributed by atoms with Crippen molar-refractivity contribution in [2.45, 2.75) is 39.5 Å². The van der Waals surface area contributed by atoms with Crippen molar-refractivity contribution in [3.05, 3.63) is 54.2 Å². The average Bonchev–Trinajstić information content (AvgIpc) is 2.54. The van der Waals surface area contributed by atoms with Crippen molar-refractivity contribution in [3.63, 3.8) is 0 Å². The van der Waals surface area contributed by atoms with E-state index in [0.717, 1.165) is 17.0 Å². The lowest BCUT2D eigenvalue weighted by atomic mass is 10.1. The number of ketones is 1. The van der Waals surface area contributed by atoms with Gasteiger partial charge in [0, 0.05) is 37.2 Å². The highest BCUT2D eigenvalue weighted by Crippen LogP contribution is 2.11. The number of allylic oxidation sites excluding steroid dienone is 1. The summed E-state index contributed by atoms with van der Waals surface area (Å²) in [5, 5.41) is 6.16. The van der Waals surface area contributed by atoms with E-state index >= 15 is 0 Å². The molecule has 0 unspecified atom stereocenters. The maximum Gasteiger partial charge on any atom is 0.220 e. The number of carbonyl (C=O) groups excluding carboxylic acids is 2. The fourth-order valence-corrected chi connectivity index (χ4v) is 2.11. The third-order valence-electron chi connectivity index (χ3n) is 3.43. The number of amides is 1. The van der Waals surface area contributed by atoms with Crippen LogP contribution in [0.1, 0.15) is 45.1 Å². The maximum atomic E-state index is 11.7. The second kappa shape index (κ2) is 10.4. The van der Waals surface area contributed by atoms with Crippen LogP contribution in [0.15, 0.2) is 48.7 Å². The molecule has 124 valence electrons. The van der Waals surface area contributed by atoms with Crippen molar-refractivity contribution in [1.82, 2.24) is 10.6 Å². The number of rotatable bonds is 10. The van der Waals surface area contributed by atoms with Gasteiger partial charge in [-0.3, -0.25) is 4.79 Å². The molecule has 1 aromatic rings. The molecule has 2 N–H and O–H groups in total. The van der Waals surface area contributed by atoms with Gasteiger partial charge in [-0.2, -0.15) is 0 Å². The maximum absolute atomic E-state index is 11.7. The zero-order valence-electron chi connectivity index (χ0n) is 14.0. The van der Waals surface area contributed by atoms with Crippen molar-refractivity contribution in [3.8, 4) is 0 Å². The average molecular weight is 314 g/mol. The summed E-state index contributed by atoms with van der Waals surface area (Å²) >= 11 is 0. The van der Waals surface area contributed by atoms with Gasteiger partial charge in [0.1, 0.15) is 5.78 Å². The quantitative estimate of drug-likeness (QED) is 0.696. The Morgan fingerprint density at radius 3 is 2.43 bits per heavy atom. The van der Waals surface area contributed by atoms with Gasteiger partial charge in [0.25, 0.3) is 0 Å². The molecule has 1 rings (SSSR count). The van der Waals surface area contributed by atoms with Crippen LogP contribution in [0.2, 0.25) is 0 Å². The second-order valence-electron chi connectivity index (χ2n) is 5.44. The molecule has 4 nitrogen and oxygen atoms in total. The van der Waals surface area contributed by atoms with Crippen molar-refractivity contribution >= 4 is 17.4 Å². The van der Waals surface area contributed by atoms with Gasteiger partial charge in [-0.25, -0.2) is 0 Å². The van der Waals surface area contributed by atoms with Gasteiger partial charge in [0.2, 0.25) is 5.91 Å². The smallest absolute Gasteiger partial charge is 0.220 e. The van der Waals surface area contributed by atoms with E-state index in [-0.39, 0.29) is 11.7 Å². The molecule has 0 aromatic heterocycles. The van der Waals surface area contributed by atoms with E-state index in [4.69, 9.17) is 0 Å². The summed E-state index contributed by atoms with van der Waals surface area (Å²) in [7, 11) is 0. The highest BCUT2D eigenvalue weighted by molar-refractivity contribution is 5.78. The molecule has 0 aliphatic rings. The Hall–Kier alpha value is -2.36. The van der Waals surface area contributed by atoms with Crippen molar-refractivity contribution in [2.75, 3.05) is 6.54 Å². The lowest BCUT2D eigenvalue weighted by Gasteiger charge is -2.14. The predicted octanol–water partition coefficient (Wildman–Crippen LogP) is 3.42. The van der Waals surface area contributed by atoms with E-state index < -0.39 is 0 Å². The van der Waals surface area contributed by atoms with Crippen LogP contribution < -0.4 is 10.6 Å². The van der Waals surface area contributed by atoms with Crippen LogP contribution in [0.5, 0.6) is 0 Å². The number of Topliss-reactive ketones (excluding diaryl/α,β-unsaturated/α-hetero) is 1. The Kier molecular flexibility index (Phi) is 8.43. The first-order valence-electron chi connectivity index (χ1n) is 7.95. The topological polar surface area (TPSA) is 58.2 Å². The largest absolute Gasteiger partial charge is 0.359 e. The third kappa shape index (κ3) is 8.00. The first-order chi connectivity index (χ1) is 11.0. The Balaban J connectivity index is 2.30. The van der Waals surface area contributed by atoms with Gasteiger partial charge in [0.05, 0.1) is 0 Å². The highest BCUT2D eigenvalue weighted by Gasteiger charge is 2.04. The Labute approximate surface area is 138 Å². The van der Waals surface area contributed by atoms with Crippen molar-refractivity contribution < 1.29 is 9.59 Å². The number of nitrogens with one attached hydrogen (secondary N) is 2. The molecule has 0 bridgehead atoms. The molecule has 0 atom stereocenters. The summed E-state index contributed by atoms with van der Waals surface area (Å²) in [6.07, 6.45) is 4.17. The first-order valence-corrected chi connectivity index (χ1v) is 7.95. The van der Waals surface area contributed by atoms with Crippen LogP contribution in [-0.2, 0) is 9.59 Å². The van der Waals surface area contributed by atoms with E-state index in [1.807, 2.05) is 43.3 Å². The molecule has 0 fully saturated rings. The van der Waals surface area contributed by atoms with E-state index in [0.29, 0.717) is 32.2 Å². The van der Waals surface area contributed by atoms with Crippen molar-refractivity contribution in [2.24, 2.45) is 0 Å². The summed E-state index contributed by atoms with van der Waals surface area (Å²) in [6, 6.07) is 9.91. The summed E-state index contributed by atoms with van der Waals surface area (Å²) in [4.78, 5) is 22.5. The fourth-order valence-electron chi connectivity index (χ4n) is 2.11. The molecule has 1 aromatic carbocycles. The van der Waals surface area contributed by atoms with Crippen LogP contribution in [-0.4, -0.2) is 18.2 Å². The molecule has 0 aliphatic carbocycles. The summed E-state index contributed by atoms with van der Waals surface area (Å²) in [5.41, 5.74) is 2.90. The van der Waals surface area contributed by atoms with E-state index in [2.05, 4.69) is 17.2 Å². The summed E-state index contributed by atoms with van der Waals surface area (Å²) in [5.74, 6) is 0.112. The molecule has 0 saturated heterocycles. The van der Waals surface area contributed by atoms with Gasteiger partial charge >= 0.3 is 0 Å². The third-order valence-corrected chi connectivity index (χ3v) is 3.43. The van der Waals surface area contributed by atoms with E-state index in [1.54, 1.807) is 6.92 Å². The minimum Gasteiger partial charge on any atom is -0.359 e. The second-order valence-corrected chi connectivity index (χ2v) is 5.44. The van der Waals surface area contributed by atoms with Crippen LogP contribution >= 0.6 is 0 Å². The Morgan fingerprint density at radius 1 is 1.13 bits per heavy atom. The molecular formula is C19H26N2O2. The normalized spacial score (nSPS) is 11.0. The minimum atomic E-state index is -0.0106. The van der Waals surface area contributed by atoms with Gasteiger partial charge in [-0.1, -0.05) is 43.0 Å². The zero-order valence-corrected chi connectivity index (χ0v) is 14.0.